The zero-order valence-corrected chi connectivity index (χ0v) is 12.1. The molecule has 0 spiro atoms. The van der Waals surface area contributed by atoms with Crippen molar-refractivity contribution in [2.24, 2.45) is 0 Å². The number of rotatable bonds is 5. The van der Waals surface area contributed by atoms with Crippen LogP contribution in [0.1, 0.15) is 24.5 Å². The maximum absolute atomic E-state index is 11.7. The molecule has 0 atom stereocenters. The Balaban J connectivity index is 2.65. The highest BCUT2D eigenvalue weighted by Crippen LogP contribution is 2.27. The third-order valence-electron chi connectivity index (χ3n) is 2.47. The van der Waals surface area contributed by atoms with Gasteiger partial charge in [-0.25, -0.2) is 0 Å². The van der Waals surface area contributed by atoms with Gasteiger partial charge in [-0.05, 0) is 53.5 Å². The fourth-order valence-electron chi connectivity index (χ4n) is 1.65. The summed E-state index contributed by atoms with van der Waals surface area (Å²) in [6.07, 6.45) is 0.494. The van der Waals surface area contributed by atoms with E-state index < -0.39 is 0 Å². The summed E-state index contributed by atoms with van der Waals surface area (Å²) < 4.78 is 0.937. The Hall–Kier alpha value is -0.870. The Morgan fingerprint density at radius 2 is 2.06 bits per heavy atom. The summed E-state index contributed by atoms with van der Waals surface area (Å²) in [4.78, 5) is 11.7. The van der Waals surface area contributed by atoms with Crippen LogP contribution in [0.4, 0.5) is 5.69 Å². The third-order valence-corrected chi connectivity index (χ3v) is 3.10. The Labute approximate surface area is 111 Å². The molecule has 0 aliphatic carbocycles. The first kappa shape index (κ1) is 14.2. The second kappa shape index (κ2) is 6.77. The monoisotopic (exact) mass is 298 g/mol. The average molecular weight is 299 g/mol. The Bertz CT molecular complexity index is 381. The molecular weight excluding hydrogens is 280 g/mol. The Morgan fingerprint density at radius 1 is 1.35 bits per heavy atom. The normalized spacial score (nSPS) is 10.4. The van der Waals surface area contributed by atoms with Crippen molar-refractivity contribution in [2.75, 3.05) is 18.4 Å². The zero-order chi connectivity index (χ0) is 12.8. The molecule has 17 heavy (non-hydrogen) atoms. The molecule has 0 fully saturated rings. The van der Waals surface area contributed by atoms with Gasteiger partial charge in [0.1, 0.15) is 0 Å². The highest BCUT2D eigenvalue weighted by molar-refractivity contribution is 9.10. The smallest absolute Gasteiger partial charge is 0.225 e. The minimum absolute atomic E-state index is 0.0404. The quantitative estimate of drug-likeness (QED) is 0.821. The molecule has 1 aromatic carbocycles. The predicted molar refractivity (Wildman–Crippen MR) is 75.4 cm³/mol. The molecule has 1 aromatic rings. The van der Waals surface area contributed by atoms with Gasteiger partial charge in [0.25, 0.3) is 0 Å². The van der Waals surface area contributed by atoms with E-state index in [1.165, 1.54) is 5.56 Å². The Morgan fingerprint density at radius 3 is 2.65 bits per heavy atom. The number of carbonyl (C=O) groups excluding carboxylic acids is 1. The molecule has 0 bridgehead atoms. The van der Waals surface area contributed by atoms with Crippen LogP contribution in [0.25, 0.3) is 0 Å². The van der Waals surface area contributed by atoms with Crippen molar-refractivity contribution in [3.63, 3.8) is 0 Å². The number of amides is 1. The van der Waals surface area contributed by atoms with E-state index in [1.54, 1.807) is 0 Å². The lowest BCUT2D eigenvalue weighted by Gasteiger charge is -2.11. The third kappa shape index (κ3) is 4.48. The van der Waals surface area contributed by atoms with E-state index in [4.69, 9.17) is 0 Å². The van der Waals surface area contributed by atoms with Gasteiger partial charge in [-0.3, -0.25) is 4.79 Å². The number of anilines is 1. The van der Waals surface area contributed by atoms with Crippen molar-refractivity contribution in [2.45, 2.75) is 27.2 Å². The van der Waals surface area contributed by atoms with Crippen LogP contribution in [0.2, 0.25) is 0 Å². The lowest BCUT2D eigenvalue weighted by molar-refractivity contribution is -0.116. The van der Waals surface area contributed by atoms with E-state index in [-0.39, 0.29) is 5.91 Å². The lowest BCUT2D eigenvalue weighted by Crippen LogP contribution is -2.21. The van der Waals surface area contributed by atoms with Gasteiger partial charge in [-0.15, -0.1) is 0 Å². The summed E-state index contributed by atoms with van der Waals surface area (Å²) in [6, 6.07) is 4.07. The Kier molecular flexibility index (Phi) is 5.65. The van der Waals surface area contributed by atoms with Gasteiger partial charge >= 0.3 is 0 Å². The van der Waals surface area contributed by atoms with Crippen molar-refractivity contribution < 1.29 is 4.79 Å². The average Bonchev–Trinajstić information content (AvgIpc) is 2.24. The molecule has 0 aromatic heterocycles. The van der Waals surface area contributed by atoms with Gasteiger partial charge in [-0.1, -0.05) is 13.0 Å². The number of hydrogen-bond acceptors (Lipinski definition) is 2. The van der Waals surface area contributed by atoms with Crippen molar-refractivity contribution >= 4 is 27.5 Å². The van der Waals surface area contributed by atoms with E-state index in [2.05, 4.69) is 32.6 Å². The number of nitrogens with one attached hydrogen (secondary N) is 2. The van der Waals surface area contributed by atoms with E-state index >= 15 is 0 Å². The van der Waals surface area contributed by atoms with Crippen LogP contribution >= 0.6 is 15.9 Å². The number of carbonyl (C=O) groups is 1. The first-order chi connectivity index (χ1) is 8.04. The molecule has 0 aliphatic heterocycles. The van der Waals surface area contributed by atoms with Crippen molar-refractivity contribution in [1.29, 1.82) is 0 Å². The molecule has 0 saturated carbocycles. The minimum Gasteiger partial charge on any atom is -0.325 e. The summed E-state index contributed by atoms with van der Waals surface area (Å²) in [5.74, 6) is 0.0404. The van der Waals surface area contributed by atoms with Crippen LogP contribution in [0.3, 0.4) is 0 Å². The molecular formula is C13H19BrN2O. The molecule has 0 saturated heterocycles. The lowest BCUT2D eigenvalue weighted by atomic mass is 10.1. The standard InChI is InChI=1S/C13H19BrN2O/c1-4-15-6-5-12(17)16-13-10(3)7-9(2)8-11(13)14/h7-8,15H,4-6H2,1-3H3,(H,16,17). The maximum atomic E-state index is 11.7. The van der Waals surface area contributed by atoms with Gasteiger partial charge in [0, 0.05) is 17.4 Å². The molecule has 4 heteroatoms. The van der Waals surface area contributed by atoms with Crippen LogP contribution in [0.5, 0.6) is 0 Å². The molecule has 1 amide bonds. The summed E-state index contributed by atoms with van der Waals surface area (Å²) in [5.41, 5.74) is 3.13. The molecule has 0 radical (unpaired) electrons. The zero-order valence-electron chi connectivity index (χ0n) is 10.6. The van der Waals surface area contributed by atoms with Gasteiger partial charge < -0.3 is 10.6 Å². The van der Waals surface area contributed by atoms with Gasteiger partial charge in [0.2, 0.25) is 5.91 Å². The largest absolute Gasteiger partial charge is 0.325 e. The van der Waals surface area contributed by atoms with Crippen LogP contribution in [-0.4, -0.2) is 19.0 Å². The molecule has 0 aliphatic rings. The summed E-state index contributed by atoms with van der Waals surface area (Å²) >= 11 is 3.48. The van der Waals surface area contributed by atoms with Crippen molar-refractivity contribution in [3.05, 3.63) is 27.7 Å². The molecule has 0 heterocycles. The van der Waals surface area contributed by atoms with E-state index in [1.807, 2.05) is 26.8 Å². The van der Waals surface area contributed by atoms with Gasteiger partial charge in [0.15, 0.2) is 0 Å². The second-order valence-electron chi connectivity index (χ2n) is 4.09. The maximum Gasteiger partial charge on any atom is 0.225 e. The molecule has 94 valence electrons. The van der Waals surface area contributed by atoms with Crippen molar-refractivity contribution in [3.8, 4) is 0 Å². The van der Waals surface area contributed by atoms with E-state index in [0.29, 0.717) is 13.0 Å². The number of aryl methyl sites for hydroxylation is 2. The highest BCUT2D eigenvalue weighted by atomic mass is 79.9. The number of halogens is 1. The van der Waals surface area contributed by atoms with E-state index in [0.717, 1.165) is 22.3 Å². The van der Waals surface area contributed by atoms with Crippen molar-refractivity contribution in [1.82, 2.24) is 5.32 Å². The fraction of sp³-hybridized carbons (Fsp3) is 0.462. The van der Waals surface area contributed by atoms with Gasteiger partial charge in [-0.2, -0.15) is 0 Å². The first-order valence-corrected chi connectivity index (χ1v) is 6.61. The van der Waals surface area contributed by atoms with Crippen LogP contribution < -0.4 is 10.6 Å². The highest BCUT2D eigenvalue weighted by Gasteiger charge is 2.08. The second-order valence-corrected chi connectivity index (χ2v) is 4.94. The molecule has 2 N–H and O–H groups in total. The predicted octanol–water partition coefficient (Wildman–Crippen LogP) is 3.00. The van der Waals surface area contributed by atoms with Crippen LogP contribution in [0.15, 0.2) is 16.6 Å². The number of hydrogen-bond donors (Lipinski definition) is 2. The topological polar surface area (TPSA) is 41.1 Å². The molecule has 0 unspecified atom stereocenters. The summed E-state index contributed by atoms with van der Waals surface area (Å²) in [6.45, 7) is 7.66. The van der Waals surface area contributed by atoms with Gasteiger partial charge in [0.05, 0.1) is 5.69 Å². The fourth-order valence-corrected chi connectivity index (χ4v) is 2.43. The number of benzene rings is 1. The summed E-state index contributed by atoms with van der Waals surface area (Å²) in [5, 5.41) is 6.07. The molecule has 1 rings (SSSR count). The van der Waals surface area contributed by atoms with E-state index in [9.17, 15) is 4.79 Å². The summed E-state index contributed by atoms with van der Waals surface area (Å²) in [7, 11) is 0. The SMILES string of the molecule is CCNCCC(=O)Nc1c(C)cc(C)cc1Br. The van der Waals surface area contributed by atoms with Crippen LogP contribution in [-0.2, 0) is 4.79 Å². The minimum atomic E-state index is 0.0404. The first-order valence-electron chi connectivity index (χ1n) is 5.82. The molecule has 3 nitrogen and oxygen atoms in total. The van der Waals surface area contributed by atoms with Crippen LogP contribution in [0, 0.1) is 13.8 Å².